The standard InChI is InChI=1S/C16H19N7O.C2HF3O2/c1-12-18-15(20-22(12)3)19-16(24)21(2)11-13-7-4-5-8-14(13)23-10-6-9-17-23;3-2(4,5)1(6)7/h4-10H,11H2,1-3H3,(H,19,20,24);(H,6,7). The van der Waals surface area contributed by atoms with E-state index in [2.05, 4.69) is 20.5 Å². The first kappa shape index (κ1) is 23.4. The van der Waals surface area contributed by atoms with Gasteiger partial charge in [0.05, 0.1) is 5.69 Å². The Morgan fingerprint density at radius 2 is 1.87 bits per heavy atom. The van der Waals surface area contributed by atoms with Crippen molar-refractivity contribution in [2.75, 3.05) is 12.4 Å². The number of nitrogens with zero attached hydrogens (tertiary/aromatic N) is 6. The minimum absolute atomic E-state index is 0.268. The van der Waals surface area contributed by atoms with Gasteiger partial charge in [-0.15, -0.1) is 5.10 Å². The van der Waals surface area contributed by atoms with Crippen LogP contribution in [0.25, 0.3) is 5.69 Å². The van der Waals surface area contributed by atoms with Gasteiger partial charge in [-0.1, -0.05) is 18.2 Å². The van der Waals surface area contributed by atoms with Crippen molar-refractivity contribution in [3.63, 3.8) is 0 Å². The second-order valence-corrected chi connectivity index (χ2v) is 6.27. The Labute approximate surface area is 174 Å². The molecule has 0 fully saturated rings. The SMILES string of the molecule is Cc1nc(NC(=O)N(C)Cc2ccccc2-n2cccn2)nn1C.O=C(O)C(F)(F)F. The fourth-order valence-corrected chi connectivity index (χ4v) is 2.31. The maximum absolute atomic E-state index is 12.3. The Bertz CT molecular complexity index is 1010. The highest BCUT2D eigenvalue weighted by atomic mass is 19.4. The lowest BCUT2D eigenvalue weighted by Crippen LogP contribution is -2.31. The first-order chi connectivity index (χ1) is 14.5. The number of carboxylic acid groups (broad SMARTS) is 1. The topological polar surface area (TPSA) is 118 Å². The number of halogens is 3. The molecule has 13 heteroatoms. The van der Waals surface area contributed by atoms with Crippen LogP contribution in [0.2, 0.25) is 0 Å². The van der Waals surface area contributed by atoms with E-state index in [-0.39, 0.29) is 6.03 Å². The fraction of sp³-hybridized carbons (Fsp3) is 0.278. The summed E-state index contributed by atoms with van der Waals surface area (Å²) in [7, 11) is 3.51. The minimum Gasteiger partial charge on any atom is -0.475 e. The van der Waals surface area contributed by atoms with Crippen LogP contribution in [0.4, 0.5) is 23.9 Å². The van der Waals surface area contributed by atoms with E-state index in [1.807, 2.05) is 43.5 Å². The molecule has 0 unspecified atom stereocenters. The summed E-state index contributed by atoms with van der Waals surface area (Å²) in [5.74, 6) is -1.73. The molecule has 0 saturated carbocycles. The predicted octanol–water partition coefficient (Wildman–Crippen LogP) is 2.61. The van der Waals surface area contributed by atoms with Crippen LogP contribution >= 0.6 is 0 Å². The molecule has 1 aromatic carbocycles. The molecule has 2 heterocycles. The number of hydrogen-bond donors (Lipinski definition) is 2. The number of carbonyl (C=O) groups is 2. The van der Waals surface area contributed by atoms with Crippen molar-refractivity contribution in [3.05, 3.63) is 54.1 Å². The third-order valence-electron chi connectivity index (χ3n) is 3.94. The lowest BCUT2D eigenvalue weighted by molar-refractivity contribution is -0.192. The molecule has 31 heavy (non-hydrogen) atoms. The number of rotatable bonds is 4. The zero-order chi connectivity index (χ0) is 23.2. The van der Waals surface area contributed by atoms with E-state index >= 15 is 0 Å². The molecule has 3 aromatic rings. The number of carbonyl (C=O) groups excluding carboxylic acids is 1. The van der Waals surface area contributed by atoms with E-state index < -0.39 is 12.1 Å². The first-order valence-electron chi connectivity index (χ1n) is 8.77. The smallest absolute Gasteiger partial charge is 0.475 e. The Balaban J connectivity index is 0.000000423. The van der Waals surface area contributed by atoms with Crippen LogP contribution in [0, 0.1) is 6.92 Å². The van der Waals surface area contributed by atoms with E-state index in [0.29, 0.717) is 12.5 Å². The van der Waals surface area contributed by atoms with Gasteiger partial charge >= 0.3 is 18.2 Å². The van der Waals surface area contributed by atoms with E-state index in [0.717, 1.165) is 17.1 Å². The molecule has 0 spiro atoms. The molecule has 0 atom stereocenters. The average molecular weight is 439 g/mol. The van der Waals surface area contributed by atoms with Crippen molar-refractivity contribution in [1.29, 1.82) is 0 Å². The number of anilines is 1. The van der Waals surface area contributed by atoms with Crippen LogP contribution in [0.5, 0.6) is 0 Å². The molecule has 2 N–H and O–H groups in total. The van der Waals surface area contributed by atoms with Gasteiger partial charge in [0.25, 0.3) is 0 Å². The van der Waals surface area contributed by atoms with Crippen LogP contribution < -0.4 is 5.32 Å². The summed E-state index contributed by atoms with van der Waals surface area (Å²) in [5.41, 5.74) is 1.93. The van der Waals surface area contributed by atoms with Crippen molar-refractivity contribution >= 4 is 17.9 Å². The molecule has 0 saturated heterocycles. The van der Waals surface area contributed by atoms with E-state index in [4.69, 9.17) is 9.90 Å². The first-order valence-corrected chi connectivity index (χ1v) is 8.77. The van der Waals surface area contributed by atoms with E-state index in [1.54, 1.807) is 34.6 Å². The molecular weight excluding hydrogens is 419 g/mol. The highest BCUT2D eigenvalue weighted by Gasteiger charge is 2.38. The average Bonchev–Trinajstić information content (AvgIpc) is 3.32. The van der Waals surface area contributed by atoms with Gasteiger partial charge < -0.3 is 10.0 Å². The monoisotopic (exact) mass is 439 g/mol. The van der Waals surface area contributed by atoms with Crippen LogP contribution in [0.1, 0.15) is 11.4 Å². The second kappa shape index (κ2) is 9.73. The third-order valence-corrected chi connectivity index (χ3v) is 3.94. The molecule has 3 rings (SSSR count). The molecular formula is C18H20F3N7O3. The molecule has 0 aliphatic carbocycles. The zero-order valence-electron chi connectivity index (χ0n) is 16.8. The maximum atomic E-state index is 12.3. The summed E-state index contributed by atoms with van der Waals surface area (Å²) < 4.78 is 35.1. The number of hydrogen-bond acceptors (Lipinski definition) is 5. The van der Waals surface area contributed by atoms with Crippen LogP contribution in [0.15, 0.2) is 42.7 Å². The lowest BCUT2D eigenvalue weighted by atomic mass is 10.1. The summed E-state index contributed by atoms with van der Waals surface area (Å²) in [4.78, 5) is 27.0. The van der Waals surface area contributed by atoms with Gasteiger partial charge in [-0.3, -0.25) is 10.00 Å². The van der Waals surface area contributed by atoms with Crippen molar-refractivity contribution in [2.24, 2.45) is 7.05 Å². The Hall–Kier alpha value is -3.90. The number of amides is 2. The number of carboxylic acids is 1. The maximum Gasteiger partial charge on any atom is 0.490 e. The number of para-hydroxylation sites is 1. The van der Waals surface area contributed by atoms with E-state index in [1.165, 1.54) is 0 Å². The number of aryl methyl sites for hydroxylation is 2. The molecule has 10 nitrogen and oxygen atoms in total. The highest BCUT2D eigenvalue weighted by molar-refractivity contribution is 5.87. The molecule has 0 aliphatic heterocycles. The Kier molecular flexibility index (Phi) is 7.34. The second-order valence-electron chi connectivity index (χ2n) is 6.27. The van der Waals surface area contributed by atoms with Gasteiger partial charge in [0.2, 0.25) is 5.95 Å². The zero-order valence-corrected chi connectivity index (χ0v) is 16.8. The number of urea groups is 1. The van der Waals surface area contributed by atoms with Crippen molar-refractivity contribution in [2.45, 2.75) is 19.6 Å². The fourth-order valence-electron chi connectivity index (χ4n) is 2.31. The molecule has 0 aliphatic rings. The van der Waals surface area contributed by atoms with Gasteiger partial charge in [-0.25, -0.2) is 14.3 Å². The summed E-state index contributed by atoms with van der Waals surface area (Å²) in [6.45, 7) is 2.26. The molecule has 2 amide bonds. The van der Waals surface area contributed by atoms with Crippen molar-refractivity contribution < 1.29 is 27.9 Å². The quantitative estimate of drug-likeness (QED) is 0.645. The summed E-state index contributed by atoms with van der Waals surface area (Å²) >= 11 is 0. The van der Waals surface area contributed by atoms with Gasteiger partial charge in [-0.2, -0.15) is 23.3 Å². The number of aromatic nitrogens is 5. The van der Waals surface area contributed by atoms with Gasteiger partial charge in [-0.05, 0) is 24.6 Å². The van der Waals surface area contributed by atoms with Gasteiger partial charge in [0, 0.05) is 33.0 Å². The predicted molar refractivity (Wildman–Crippen MR) is 103 cm³/mol. The number of nitrogens with one attached hydrogen (secondary N) is 1. The normalized spacial score (nSPS) is 10.8. The van der Waals surface area contributed by atoms with Crippen molar-refractivity contribution in [3.8, 4) is 5.69 Å². The molecule has 2 aromatic heterocycles. The number of aliphatic carboxylic acids is 1. The van der Waals surface area contributed by atoms with Gasteiger partial charge in [0.1, 0.15) is 5.82 Å². The van der Waals surface area contributed by atoms with Gasteiger partial charge in [0.15, 0.2) is 0 Å². The van der Waals surface area contributed by atoms with E-state index in [9.17, 15) is 18.0 Å². The Morgan fingerprint density at radius 3 is 2.39 bits per heavy atom. The minimum atomic E-state index is -5.08. The largest absolute Gasteiger partial charge is 0.490 e. The summed E-state index contributed by atoms with van der Waals surface area (Å²) in [5, 5.41) is 18.2. The third kappa shape index (κ3) is 6.55. The molecule has 166 valence electrons. The number of alkyl halides is 3. The Morgan fingerprint density at radius 1 is 1.23 bits per heavy atom. The molecule has 0 radical (unpaired) electrons. The van der Waals surface area contributed by atoms with Crippen LogP contribution in [0.3, 0.4) is 0 Å². The molecule has 0 bridgehead atoms. The summed E-state index contributed by atoms with van der Waals surface area (Å²) in [6, 6.07) is 9.43. The van der Waals surface area contributed by atoms with Crippen LogP contribution in [-0.2, 0) is 18.4 Å². The number of benzene rings is 1. The van der Waals surface area contributed by atoms with Crippen molar-refractivity contribution in [1.82, 2.24) is 29.4 Å². The summed E-state index contributed by atoms with van der Waals surface area (Å²) in [6.07, 6.45) is -1.48. The highest BCUT2D eigenvalue weighted by Crippen LogP contribution is 2.16. The lowest BCUT2D eigenvalue weighted by Gasteiger charge is -2.19. The van der Waals surface area contributed by atoms with Crippen LogP contribution in [-0.4, -0.2) is 59.8 Å².